The van der Waals surface area contributed by atoms with Gasteiger partial charge in [0.15, 0.2) is 5.82 Å². The quantitative estimate of drug-likeness (QED) is 0.140. The number of carbonyl (C=O) groups excluding carboxylic acids is 1. The molecule has 0 bridgehead atoms. The number of nitrogen functional groups attached to an aromatic ring is 2. The highest BCUT2D eigenvalue weighted by Gasteiger charge is 2.51. The monoisotopic (exact) mass is 732 g/mol. The van der Waals surface area contributed by atoms with Crippen molar-refractivity contribution in [1.29, 1.82) is 0 Å². The van der Waals surface area contributed by atoms with Crippen LogP contribution >= 0.6 is 28.3 Å². The van der Waals surface area contributed by atoms with Crippen LogP contribution in [0.25, 0.3) is 10.9 Å². The summed E-state index contributed by atoms with van der Waals surface area (Å²) in [5, 5.41) is 9.34. The molecule has 250 valence electrons. The van der Waals surface area contributed by atoms with Gasteiger partial charge in [0, 0.05) is 66.6 Å². The molecule has 3 aromatic heterocycles. The highest BCUT2D eigenvalue weighted by molar-refractivity contribution is 9.10. The third-order valence-electron chi connectivity index (χ3n) is 8.88. The summed E-state index contributed by atoms with van der Waals surface area (Å²) in [5.41, 5.74) is 16.3. The minimum atomic E-state index is -0.421. The standard InChI is InChI=1S/C24H26BrN3O3.C11H11N5.ClH/c1-27-13-17-8-21-24(30-3,19-5-4-6-20(27)22(17)19)9-15(12-28(21)2)14-31-23(29)16-7-18(25)11-26-10-16;12-10-7-6-9(11(13)14-10)16-15-8-4-2-1-3-5-8;/h4-7,10-11,13,15,21H,8-9,12,14H2,1-3H3;1-7H,(H4,12,13,14);1H. The third kappa shape index (κ3) is 7.07. The number of likely N-dealkylation sites (tertiary alicyclic amines) is 1. The molecule has 5 aromatic rings. The van der Waals surface area contributed by atoms with Crippen molar-refractivity contribution in [2.45, 2.75) is 24.5 Å². The Morgan fingerprint density at radius 1 is 1.06 bits per heavy atom. The number of esters is 1. The van der Waals surface area contributed by atoms with Crippen molar-refractivity contribution in [2.75, 3.05) is 38.8 Å². The lowest BCUT2D eigenvalue weighted by molar-refractivity contribution is -0.131. The van der Waals surface area contributed by atoms with E-state index in [0.717, 1.165) is 29.5 Å². The summed E-state index contributed by atoms with van der Waals surface area (Å²) in [5.74, 6) is 0.475. The van der Waals surface area contributed by atoms with E-state index in [9.17, 15) is 4.79 Å². The molecule has 3 atom stereocenters. The van der Waals surface area contributed by atoms with Crippen LogP contribution in [0.5, 0.6) is 0 Å². The zero-order chi connectivity index (χ0) is 33.1. The van der Waals surface area contributed by atoms with Gasteiger partial charge in [-0.05, 0) is 83.3 Å². The number of piperidine rings is 1. The molecular formula is C35H38BrClN8O3. The number of rotatable bonds is 6. The van der Waals surface area contributed by atoms with Crippen LogP contribution in [-0.2, 0) is 28.5 Å². The van der Waals surface area contributed by atoms with E-state index in [2.05, 4.69) is 84.1 Å². The molecule has 48 heavy (non-hydrogen) atoms. The molecule has 0 saturated carbocycles. The second-order valence-corrected chi connectivity index (χ2v) is 12.9. The number of benzene rings is 2. The first-order valence-electron chi connectivity index (χ1n) is 15.3. The molecule has 13 heteroatoms. The van der Waals surface area contributed by atoms with Gasteiger partial charge in [0.05, 0.1) is 17.9 Å². The number of ether oxygens (including phenoxy) is 2. The van der Waals surface area contributed by atoms with Gasteiger partial charge in [0.2, 0.25) is 0 Å². The number of methoxy groups -OCH3 is 1. The normalized spacial score (nSPS) is 20.0. The fourth-order valence-corrected chi connectivity index (χ4v) is 7.17. The van der Waals surface area contributed by atoms with Crippen LogP contribution in [0.2, 0.25) is 0 Å². The van der Waals surface area contributed by atoms with Gasteiger partial charge in [0.25, 0.3) is 0 Å². The lowest BCUT2D eigenvalue weighted by Gasteiger charge is -2.53. The number of likely N-dealkylation sites (N-methyl/N-ethyl adjacent to an activating group) is 1. The third-order valence-corrected chi connectivity index (χ3v) is 9.31. The first-order valence-corrected chi connectivity index (χ1v) is 16.1. The molecule has 4 heterocycles. The van der Waals surface area contributed by atoms with Crippen molar-refractivity contribution >= 4 is 68.2 Å². The SMILES string of the molecule is COC12CC(COC(=O)c3cncc(Br)c3)CN(C)C1Cc1cn(C)c3cccc2c13.Cl.Nc1ccc(N=Nc2ccccc2)c(N)n1. The Labute approximate surface area is 293 Å². The van der Waals surface area contributed by atoms with Crippen LogP contribution in [0.15, 0.2) is 100 Å². The summed E-state index contributed by atoms with van der Waals surface area (Å²) in [6, 6.07) is 21.2. The van der Waals surface area contributed by atoms with Crippen molar-refractivity contribution in [3.8, 4) is 0 Å². The number of halogens is 2. The van der Waals surface area contributed by atoms with Crippen LogP contribution in [0.1, 0.15) is 27.9 Å². The first kappa shape index (κ1) is 35.0. The number of pyridine rings is 2. The number of anilines is 2. The van der Waals surface area contributed by atoms with E-state index in [4.69, 9.17) is 20.9 Å². The summed E-state index contributed by atoms with van der Waals surface area (Å²) in [7, 11) is 6.07. The number of hydrogen-bond acceptors (Lipinski definition) is 10. The van der Waals surface area contributed by atoms with E-state index >= 15 is 0 Å². The summed E-state index contributed by atoms with van der Waals surface area (Å²) >= 11 is 3.35. The predicted molar refractivity (Wildman–Crippen MR) is 193 cm³/mol. The van der Waals surface area contributed by atoms with Gasteiger partial charge in [-0.25, -0.2) is 9.78 Å². The summed E-state index contributed by atoms with van der Waals surface area (Å²) in [6.45, 7) is 1.21. The molecule has 2 aliphatic rings. The maximum atomic E-state index is 12.5. The smallest absolute Gasteiger partial charge is 0.339 e. The van der Waals surface area contributed by atoms with Gasteiger partial charge >= 0.3 is 5.97 Å². The molecule has 7 rings (SSSR count). The number of aryl methyl sites for hydroxylation is 1. The fourth-order valence-electron chi connectivity index (χ4n) is 6.80. The van der Waals surface area contributed by atoms with Crippen LogP contribution in [0.3, 0.4) is 0 Å². The molecule has 0 radical (unpaired) electrons. The van der Waals surface area contributed by atoms with E-state index in [-0.39, 0.29) is 36.2 Å². The Morgan fingerprint density at radius 2 is 1.85 bits per heavy atom. The minimum absolute atomic E-state index is 0. The van der Waals surface area contributed by atoms with Crippen LogP contribution in [0.4, 0.5) is 23.0 Å². The number of nitrogens with two attached hydrogens (primary N) is 2. The molecule has 3 unspecified atom stereocenters. The molecule has 0 amide bonds. The van der Waals surface area contributed by atoms with Crippen molar-refractivity contribution in [3.05, 3.63) is 106 Å². The molecule has 1 saturated heterocycles. The van der Waals surface area contributed by atoms with E-state index < -0.39 is 5.60 Å². The van der Waals surface area contributed by atoms with Crippen molar-refractivity contribution in [3.63, 3.8) is 0 Å². The molecule has 2 aromatic carbocycles. The number of nitrogens with zero attached hydrogens (tertiary/aromatic N) is 6. The zero-order valence-electron chi connectivity index (χ0n) is 26.9. The summed E-state index contributed by atoms with van der Waals surface area (Å²) in [6.07, 6.45) is 7.20. The fraction of sp³-hybridized carbons (Fsp3) is 0.286. The second kappa shape index (κ2) is 14.8. The Hall–Kier alpha value is -4.36. The van der Waals surface area contributed by atoms with Crippen molar-refractivity contribution < 1.29 is 14.3 Å². The highest BCUT2D eigenvalue weighted by Crippen LogP contribution is 2.49. The largest absolute Gasteiger partial charge is 0.462 e. The molecule has 1 fully saturated rings. The van der Waals surface area contributed by atoms with Gasteiger partial charge in [-0.15, -0.1) is 17.5 Å². The number of hydrogen-bond donors (Lipinski definition) is 2. The maximum absolute atomic E-state index is 12.5. The van der Waals surface area contributed by atoms with E-state index in [1.807, 2.05) is 37.4 Å². The van der Waals surface area contributed by atoms with Gasteiger partial charge in [-0.3, -0.25) is 9.88 Å². The second-order valence-electron chi connectivity index (χ2n) is 12.0. The minimum Gasteiger partial charge on any atom is -0.462 e. The molecule has 4 N–H and O–H groups in total. The van der Waals surface area contributed by atoms with E-state index in [1.165, 1.54) is 28.2 Å². The first-order chi connectivity index (χ1) is 22.7. The Bertz CT molecular complexity index is 1940. The van der Waals surface area contributed by atoms with E-state index in [0.29, 0.717) is 23.7 Å². The topological polar surface area (TPSA) is 146 Å². The number of fused-ring (bicyclic) bond motifs is 2. The summed E-state index contributed by atoms with van der Waals surface area (Å²) < 4.78 is 15.0. The number of carbonyl (C=O) groups is 1. The van der Waals surface area contributed by atoms with Crippen molar-refractivity contribution in [1.82, 2.24) is 19.4 Å². The number of azo groups is 1. The van der Waals surface area contributed by atoms with Gasteiger partial charge in [0.1, 0.15) is 17.1 Å². The molecule has 11 nitrogen and oxygen atoms in total. The highest BCUT2D eigenvalue weighted by atomic mass is 79.9. The van der Waals surface area contributed by atoms with Crippen LogP contribution in [-0.4, -0.2) is 58.8 Å². The Morgan fingerprint density at radius 3 is 2.58 bits per heavy atom. The predicted octanol–water partition coefficient (Wildman–Crippen LogP) is 6.99. The lowest BCUT2D eigenvalue weighted by Crippen LogP contribution is -2.59. The van der Waals surface area contributed by atoms with Crippen molar-refractivity contribution in [2.24, 2.45) is 23.2 Å². The van der Waals surface area contributed by atoms with E-state index in [1.54, 1.807) is 24.4 Å². The summed E-state index contributed by atoms with van der Waals surface area (Å²) in [4.78, 5) is 22.9. The average Bonchev–Trinajstić information content (AvgIpc) is 3.40. The molecule has 1 aliphatic carbocycles. The maximum Gasteiger partial charge on any atom is 0.339 e. The molecular weight excluding hydrogens is 696 g/mol. The van der Waals surface area contributed by atoms with Gasteiger partial charge in [-0.2, -0.15) is 5.11 Å². The number of aromatic nitrogens is 3. The molecule has 0 spiro atoms. The van der Waals surface area contributed by atoms with Gasteiger partial charge in [-0.1, -0.05) is 30.3 Å². The van der Waals surface area contributed by atoms with Crippen LogP contribution in [0, 0.1) is 5.92 Å². The Balaban J connectivity index is 0.000000224. The average molecular weight is 734 g/mol. The van der Waals surface area contributed by atoms with Crippen LogP contribution < -0.4 is 11.5 Å². The van der Waals surface area contributed by atoms with Gasteiger partial charge < -0.3 is 25.5 Å². The zero-order valence-corrected chi connectivity index (χ0v) is 29.3. The Kier molecular flexibility index (Phi) is 10.8. The molecule has 1 aliphatic heterocycles. The lowest BCUT2D eigenvalue weighted by atomic mass is 9.69.